The van der Waals surface area contributed by atoms with Crippen LogP contribution < -0.4 is 10.7 Å². The van der Waals surface area contributed by atoms with Crippen molar-refractivity contribution in [3.05, 3.63) is 52.3 Å². The van der Waals surface area contributed by atoms with Gasteiger partial charge in [-0.2, -0.15) is 0 Å². The number of hydrogen-bond acceptors (Lipinski definition) is 2. The molecule has 0 aliphatic carbocycles. The van der Waals surface area contributed by atoms with E-state index in [1.165, 1.54) is 0 Å². The molecule has 0 atom stereocenters. The summed E-state index contributed by atoms with van der Waals surface area (Å²) in [6.45, 7) is 0.813. The molecule has 16 heavy (non-hydrogen) atoms. The van der Waals surface area contributed by atoms with Crippen molar-refractivity contribution in [2.75, 3.05) is 13.6 Å². The van der Waals surface area contributed by atoms with E-state index in [1.54, 1.807) is 12.3 Å². The molecule has 82 valence electrons. The van der Waals surface area contributed by atoms with Crippen LogP contribution in [0.2, 0.25) is 0 Å². The van der Waals surface area contributed by atoms with Gasteiger partial charge >= 0.3 is 0 Å². The topological polar surface area (TPSA) is 44.9 Å². The SMILES string of the molecule is CNCC=Cc1cccc2c(=O)cc[nH]c12. The van der Waals surface area contributed by atoms with Crippen LogP contribution in [-0.4, -0.2) is 18.6 Å². The molecule has 2 rings (SSSR count). The van der Waals surface area contributed by atoms with Gasteiger partial charge in [0.15, 0.2) is 5.43 Å². The minimum Gasteiger partial charge on any atom is -0.360 e. The maximum absolute atomic E-state index is 11.6. The molecule has 1 heterocycles. The summed E-state index contributed by atoms with van der Waals surface area (Å²) in [5.41, 5.74) is 1.98. The fraction of sp³-hybridized carbons (Fsp3) is 0.154. The molecule has 1 aromatic carbocycles. The Morgan fingerprint density at radius 3 is 3.06 bits per heavy atom. The number of rotatable bonds is 3. The Labute approximate surface area is 93.8 Å². The summed E-state index contributed by atoms with van der Waals surface area (Å²) < 4.78 is 0. The van der Waals surface area contributed by atoms with Crippen LogP contribution >= 0.6 is 0 Å². The van der Waals surface area contributed by atoms with E-state index in [4.69, 9.17) is 0 Å². The maximum atomic E-state index is 11.6. The third-order valence-electron chi connectivity index (χ3n) is 2.44. The second-order valence-corrected chi connectivity index (χ2v) is 3.57. The molecular weight excluding hydrogens is 200 g/mol. The first-order chi connectivity index (χ1) is 7.83. The molecular formula is C13H14N2O. The van der Waals surface area contributed by atoms with Gasteiger partial charge in [-0.15, -0.1) is 0 Å². The number of para-hydroxylation sites is 1. The lowest BCUT2D eigenvalue weighted by Gasteiger charge is -2.01. The highest BCUT2D eigenvalue weighted by atomic mass is 16.1. The molecule has 0 fully saturated rings. The van der Waals surface area contributed by atoms with Crippen LogP contribution in [0.1, 0.15) is 5.56 Å². The minimum absolute atomic E-state index is 0.0533. The molecule has 0 amide bonds. The zero-order chi connectivity index (χ0) is 11.4. The summed E-state index contributed by atoms with van der Waals surface area (Å²) in [5.74, 6) is 0. The van der Waals surface area contributed by atoms with Crippen molar-refractivity contribution in [3.63, 3.8) is 0 Å². The molecule has 2 aromatic rings. The Hall–Kier alpha value is -1.87. The van der Waals surface area contributed by atoms with E-state index in [0.29, 0.717) is 0 Å². The number of H-pyrrole nitrogens is 1. The maximum Gasteiger partial charge on any atom is 0.189 e. The zero-order valence-electron chi connectivity index (χ0n) is 9.16. The van der Waals surface area contributed by atoms with E-state index >= 15 is 0 Å². The standard InChI is InChI=1S/C13H14N2O/c1-14-8-3-5-10-4-2-6-11-12(16)7-9-15-13(10)11/h2-7,9,14H,8H2,1H3,(H,15,16). The highest BCUT2D eigenvalue weighted by Gasteiger charge is 1.99. The summed E-state index contributed by atoms with van der Waals surface area (Å²) in [5, 5.41) is 3.77. The number of likely N-dealkylation sites (N-methyl/N-ethyl adjacent to an activating group) is 1. The number of nitrogens with one attached hydrogen (secondary N) is 2. The molecule has 0 aliphatic heterocycles. The van der Waals surface area contributed by atoms with Gasteiger partial charge in [-0.05, 0) is 18.7 Å². The smallest absolute Gasteiger partial charge is 0.189 e. The Morgan fingerprint density at radius 2 is 2.25 bits per heavy atom. The summed E-state index contributed by atoms with van der Waals surface area (Å²) in [6.07, 6.45) is 5.72. The summed E-state index contributed by atoms with van der Waals surface area (Å²) in [4.78, 5) is 14.7. The summed E-state index contributed by atoms with van der Waals surface area (Å²) in [6, 6.07) is 7.27. The molecule has 3 nitrogen and oxygen atoms in total. The predicted octanol–water partition coefficient (Wildman–Crippen LogP) is 1.76. The lowest BCUT2D eigenvalue weighted by Crippen LogP contribution is -2.04. The third kappa shape index (κ3) is 2.04. The first-order valence-corrected chi connectivity index (χ1v) is 5.24. The minimum atomic E-state index is 0.0533. The van der Waals surface area contributed by atoms with Gasteiger partial charge < -0.3 is 10.3 Å². The van der Waals surface area contributed by atoms with Crippen molar-refractivity contribution >= 4 is 17.0 Å². The molecule has 2 N–H and O–H groups in total. The average molecular weight is 214 g/mol. The van der Waals surface area contributed by atoms with Crippen LogP contribution in [-0.2, 0) is 0 Å². The van der Waals surface area contributed by atoms with E-state index in [1.807, 2.05) is 37.4 Å². The molecule has 0 saturated heterocycles. The summed E-state index contributed by atoms with van der Waals surface area (Å²) in [7, 11) is 1.90. The lowest BCUT2D eigenvalue weighted by atomic mass is 10.1. The zero-order valence-corrected chi connectivity index (χ0v) is 9.16. The van der Waals surface area contributed by atoms with Gasteiger partial charge in [0.1, 0.15) is 0 Å². The number of aromatic amines is 1. The Bertz CT molecular complexity index is 569. The number of hydrogen-bond donors (Lipinski definition) is 2. The fourth-order valence-electron chi connectivity index (χ4n) is 1.67. The van der Waals surface area contributed by atoms with Crippen molar-refractivity contribution in [1.29, 1.82) is 0 Å². The van der Waals surface area contributed by atoms with Crippen LogP contribution in [0, 0.1) is 0 Å². The molecule has 1 aromatic heterocycles. The van der Waals surface area contributed by atoms with Crippen molar-refractivity contribution in [2.24, 2.45) is 0 Å². The van der Waals surface area contributed by atoms with Gasteiger partial charge in [0.2, 0.25) is 0 Å². The predicted molar refractivity (Wildman–Crippen MR) is 67.5 cm³/mol. The van der Waals surface area contributed by atoms with Crippen LogP contribution in [0.4, 0.5) is 0 Å². The average Bonchev–Trinajstić information content (AvgIpc) is 2.31. The Morgan fingerprint density at radius 1 is 1.38 bits per heavy atom. The molecule has 0 aliphatic rings. The molecule has 0 radical (unpaired) electrons. The third-order valence-corrected chi connectivity index (χ3v) is 2.44. The molecule has 0 bridgehead atoms. The largest absolute Gasteiger partial charge is 0.360 e. The molecule has 0 unspecified atom stereocenters. The van der Waals surface area contributed by atoms with Crippen LogP contribution in [0.5, 0.6) is 0 Å². The highest BCUT2D eigenvalue weighted by Crippen LogP contribution is 2.14. The number of fused-ring (bicyclic) bond motifs is 1. The van der Waals surface area contributed by atoms with Crippen molar-refractivity contribution < 1.29 is 0 Å². The fourth-order valence-corrected chi connectivity index (χ4v) is 1.67. The van der Waals surface area contributed by atoms with Gasteiger partial charge in [0, 0.05) is 24.2 Å². The number of benzene rings is 1. The first-order valence-electron chi connectivity index (χ1n) is 5.24. The van der Waals surface area contributed by atoms with Gasteiger partial charge in [-0.25, -0.2) is 0 Å². The Balaban J connectivity index is 2.54. The van der Waals surface area contributed by atoms with Gasteiger partial charge in [0.05, 0.1) is 5.52 Å². The normalized spacial score (nSPS) is 11.3. The van der Waals surface area contributed by atoms with Crippen LogP contribution in [0.25, 0.3) is 17.0 Å². The van der Waals surface area contributed by atoms with E-state index in [9.17, 15) is 4.79 Å². The van der Waals surface area contributed by atoms with E-state index in [0.717, 1.165) is 23.0 Å². The van der Waals surface area contributed by atoms with E-state index in [2.05, 4.69) is 10.3 Å². The number of aromatic nitrogens is 1. The van der Waals surface area contributed by atoms with Gasteiger partial charge in [-0.1, -0.05) is 24.3 Å². The monoisotopic (exact) mass is 214 g/mol. The van der Waals surface area contributed by atoms with Crippen molar-refractivity contribution in [3.8, 4) is 0 Å². The van der Waals surface area contributed by atoms with Crippen LogP contribution in [0.3, 0.4) is 0 Å². The molecule has 0 saturated carbocycles. The summed E-state index contributed by atoms with van der Waals surface area (Å²) >= 11 is 0. The van der Waals surface area contributed by atoms with Gasteiger partial charge in [-0.3, -0.25) is 4.79 Å². The molecule has 3 heteroatoms. The quantitative estimate of drug-likeness (QED) is 0.817. The second-order valence-electron chi connectivity index (χ2n) is 3.57. The van der Waals surface area contributed by atoms with Crippen LogP contribution in [0.15, 0.2) is 41.3 Å². The van der Waals surface area contributed by atoms with Crippen molar-refractivity contribution in [2.45, 2.75) is 0 Å². The highest BCUT2D eigenvalue weighted by molar-refractivity contribution is 5.86. The van der Waals surface area contributed by atoms with Gasteiger partial charge in [0.25, 0.3) is 0 Å². The first kappa shape index (κ1) is 10.6. The Kier molecular flexibility index (Phi) is 3.17. The second kappa shape index (κ2) is 4.77. The van der Waals surface area contributed by atoms with Crippen molar-refractivity contribution in [1.82, 2.24) is 10.3 Å². The van der Waals surface area contributed by atoms with E-state index in [-0.39, 0.29) is 5.43 Å². The number of pyridine rings is 1. The van der Waals surface area contributed by atoms with E-state index < -0.39 is 0 Å². The molecule has 0 spiro atoms. The lowest BCUT2D eigenvalue weighted by molar-refractivity contribution is 0.922.